The quantitative estimate of drug-likeness (QED) is 0.325. The molecule has 3 heterocycles. The Morgan fingerprint density at radius 1 is 1.22 bits per heavy atom. The lowest BCUT2D eigenvalue weighted by molar-refractivity contribution is -0.140. The van der Waals surface area contributed by atoms with E-state index in [2.05, 4.69) is 0 Å². The molecule has 36 heavy (non-hydrogen) atoms. The van der Waals surface area contributed by atoms with Crippen LogP contribution in [0.4, 0.5) is 0 Å². The number of carbonyl (C=O) groups excluding carboxylic acids is 2. The molecule has 1 saturated heterocycles. The van der Waals surface area contributed by atoms with E-state index in [9.17, 15) is 24.9 Å². The number of nitrogens with zero attached hydrogens (tertiary/aromatic N) is 1. The maximum Gasteiger partial charge on any atom is 0.234 e. The summed E-state index contributed by atoms with van der Waals surface area (Å²) in [4.78, 5) is 29.0. The van der Waals surface area contributed by atoms with E-state index in [1.807, 2.05) is 44.4 Å². The lowest BCUT2D eigenvalue weighted by Crippen LogP contribution is -2.39. The van der Waals surface area contributed by atoms with Gasteiger partial charge in [-0.3, -0.25) is 14.5 Å². The summed E-state index contributed by atoms with van der Waals surface area (Å²) in [6, 6.07) is 7.32. The van der Waals surface area contributed by atoms with Crippen molar-refractivity contribution in [2.75, 3.05) is 6.61 Å². The van der Waals surface area contributed by atoms with E-state index in [4.69, 9.17) is 4.42 Å². The SMILES string of the molecule is C/C(=C\c1ccc(CO)o1)CC[C@@H](O)C1=C(C(C)C)C[C@H]2C(=O)N(Cc3cccs3)C(=O)[C@H]2[C@H]1CO. The zero-order chi connectivity index (χ0) is 26.0. The molecule has 2 aromatic rings. The summed E-state index contributed by atoms with van der Waals surface area (Å²) < 4.78 is 5.52. The van der Waals surface area contributed by atoms with E-state index in [0.29, 0.717) is 30.8 Å². The fourth-order valence-electron chi connectivity index (χ4n) is 5.62. The van der Waals surface area contributed by atoms with Crippen LogP contribution in [0.1, 0.15) is 56.4 Å². The van der Waals surface area contributed by atoms with Crippen molar-refractivity contribution in [2.24, 2.45) is 23.7 Å². The molecule has 3 N–H and O–H groups in total. The summed E-state index contributed by atoms with van der Waals surface area (Å²) >= 11 is 1.51. The second kappa shape index (κ2) is 11.3. The van der Waals surface area contributed by atoms with Gasteiger partial charge in [-0.05, 0) is 67.3 Å². The third-order valence-corrected chi connectivity index (χ3v) is 8.26. The minimum absolute atomic E-state index is 0.0792. The fraction of sp³-hybridized carbons (Fsp3) is 0.500. The molecule has 4 rings (SSSR count). The molecule has 1 aliphatic heterocycles. The Balaban J connectivity index is 1.55. The molecular weight excluding hydrogens is 478 g/mol. The lowest BCUT2D eigenvalue weighted by Gasteiger charge is -2.38. The molecule has 4 atom stereocenters. The number of aliphatic hydroxyl groups excluding tert-OH is 3. The zero-order valence-corrected chi connectivity index (χ0v) is 21.8. The first-order chi connectivity index (χ1) is 17.2. The van der Waals surface area contributed by atoms with Gasteiger partial charge in [0.15, 0.2) is 0 Å². The largest absolute Gasteiger partial charge is 0.459 e. The van der Waals surface area contributed by atoms with Crippen LogP contribution in [0, 0.1) is 23.7 Å². The summed E-state index contributed by atoms with van der Waals surface area (Å²) in [6.07, 6.45) is 2.50. The third kappa shape index (κ3) is 5.27. The molecule has 0 bridgehead atoms. The molecule has 8 heteroatoms. The molecule has 194 valence electrons. The van der Waals surface area contributed by atoms with Crippen LogP contribution < -0.4 is 0 Å². The molecule has 2 aromatic heterocycles. The zero-order valence-electron chi connectivity index (χ0n) is 21.0. The van der Waals surface area contributed by atoms with Crippen LogP contribution >= 0.6 is 11.3 Å². The van der Waals surface area contributed by atoms with Gasteiger partial charge < -0.3 is 19.7 Å². The van der Waals surface area contributed by atoms with Gasteiger partial charge in [-0.1, -0.05) is 31.1 Å². The summed E-state index contributed by atoms with van der Waals surface area (Å²) in [5, 5.41) is 32.9. The van der Waals surface area contributed by atoms with Crippen molar-refractivity contribution in [3.63, 3.8) is 0 Å². The molecule has 1 aliphatic carbocycles. The first-order valence-electron chi connectivity index (χ1n) is 12.5. The number of furan rings is 1. The van der Waals surface area contributed by atoms with Crippen molar-refractivity contribution in [2.45, 2.75) is 59.3 Å². The van der Waals surface area contributed by atoms with E-state index < -0.39 is 23.9 Å². The van der Waals surface area contributed by atoms with E-state index in [0.717, 1.165) is 21.6 Å². The van der Waals surface area contributed by atoms with Crippen molar-refractivity contribution in [1.82, 2.24) is 4.90 Å². The Morgan fingerprint density at radius 2 is 2.00 bits per heavy atom. The minimum Gasteiger partial charge on any atom is -0.459 e. The number of likely N-dealkylation sites (tertiary alicyclic amines) is 1. The summed E-state index contributed by atoms with van der Waals surface area (Å²) in [7, 11) is 0. The van der Waals surface area contributed by atoms with Crippen LogP contribution in [0.25, 0.3) is 6.08 Å². The van der Waals surface area contributed by atoms with Crippen molar-refractivity contribution < 1.29 is 29.3 Å². The highest BCUT2D eigenvalue weighted by molar-refractivity contribution is 7.09. The number of amides is 2. The maximum absolute atomic E-state index is 13.4. The molecule has 2 aliphatic rings. The average Bonchev–Trinajstić information content (AvgIpc) is 3.59. The van der Waals surface area contributed by atoms with Gasteiger partial charge in [-0.15, -0.1) is 11.3 Å². The number of fused-ring (bicyclic) bond motifs is 1. The predicted molar refractivity (Wildman–Crippen MR) is 137 cm³/mol. The van der Waals surface area contributed by atoms with Crippen LogP contribution in [0.5, 0.6) is 0 Å². The van der Waals surface area contributed by atoms with Crippen molar-refractivity contribution in [3.8, 4) is 0 Å². The maximum atomic E-state index is 13.4. The summed E-state index contributed by atoms with van der Waals surface area (Å²) in [6.45, 7) is 5.82. The highest BCUT2D eigenvalue weighted by Crippen LogP contribution is 2.48. The Bertz CT molecular complexity index is 1140. The summed E-state index contributed by atoms with van der Waals surface area (Å²) in [5.74, 6) is -0.940. The first-order valence-corrected chi connectivity index (χ1v) is 13.4. The normalized spacial score (nSPS) is 23.7. The number of imide groups is 1. The van der Waals surface area contributed by atoms with E-state index >= 15 is 0 Å². The molecule has 0 aromatic carbocycles. The van der Waals surface area contributed by atoms with Crippen LogP contribution in [-0.2, 0) is 22.7 Å². The molecule has 2 amide bonds. The molecule has 0 spiro atoms. The predicted octanol–water partition coefficient (Wildman–Crippen LogP) is 4.14. The number of rotatable bonds is 10. The van der Waals surface area contributed by atoms with Crippen molar-refractivity contribution in [3.05, 3.63) is 62.8 Å². The van der Waals surface area contributed by atoms with Crippen LogP contribution in [-0.4, -0.2) is 44.7 Å². The molecule has 0 unspecified atom stereocenters. The molecular formula is C28H35NO6S. The highest BCUT2D eigenvalue weighted by atomic mass is 32.1. The molecule has 7 nitrogen and oxygen atoms in total. The minimum atomic E-state index is -0.831. The van der Waals surface area contributed by atoms with Gasteiger partial charge >= 0.3 is 0 Å². The number of thiophene rings is 1. The number of hydrogen-bond acceptors (Lipinski definition) is 7. The second-order valence-corrected chi connectivity index (χ2v) is 11.1. The topological polar surface area (TPSA) is 111 Å². The van der Waals surface area contributed by atoms with E-state index in [1.165, 1.54) is 16.2 Å². The standard InChI is InChI=1S/C28H35NO6S/c1-16(2)21-12-22-26(28(34)29(27(22)33)13-20-5-4-10-36-20)23(15-31)25(21)24(32)9-6-17(3)11-18-7-8-19(14-30)35-18/h4-5,7-8,10-11,16,22-24,26,30-32H,6,9,12-15H2,1-3H3/b17-11+/t22-,23+,24-,26-/m1/s1. The lowest BCUT2D eigenvalue weighted by atomic mass is 9.66. The van der Waals surface area contributed by atoms with Crippen molar-refractivity contribution in [1.29, 1.82) is 0 Å². The third-order valence-electron chi connectivity index (χ3n) is 7.40. The Morgan fingerprint density at radius 3 is 2.61 bits per heavy atom. The summed E-state index contributed by atoms with van der Waals surface area (Å²) in [5.41, 5.74) is 2.70. The fourth-order valence-corrected chi connectivity index (χ4v) is 6.31. The Hall–Kier alpha value is -2.52. The van der Waals surface area contributed by atoms with E-state index in [1.54, 1.807) is 12.1 Å². The number of hydrogen-bond donors (Lipinski definition) is 3. The van der Waals surface area contributed by atoms with Gasteiger partial charge in [-0.25, -0.2) is 0 Å². The van der Waals surface area contributed by atoms with Gasteiger partial charge in [0.05, 0.1) is 31.1 Å². The first kappa shape index (κ1) is 26.5. The van der Waals surface area contributed by atoms with Crippen LogP contribution in [0.3, 0.4) is 0 Å². The highest BCUT2D eigenvalue weighted by Gasteiger charge is 2.55. The van der Waals surface area contributed by atoms with Gasteiger partial charge in [0.1, 0.15) is 18.1 Å². The molecule has 1 fully saturated rings. The number of allylic oxidation sites excluding steroid dienone is 2. The second-order valence-electron chi connectivity index (χ2n) is 10.1. The van der Waals surface area contributed by atoms with Crippen LogP contribution in [0.15, 0.2) is 50.8 Å². The number of carbonyl (C=O) groups is 2. The van der Waals surface area contributed by atoms with E-state index in [-0.39, 0.29) is 37.5 Å². The monoisotopic (exact) mass is 513 g/mol. The molecule has 0 radical (unpaired) electrons. The Labute approximate surface area is 215 Å². The average molecular weight is 514 g/mol. The van der Waals surface area contributed by atoms with Crippen molar-refractivity contribution >= 4 is 29.2 Å². The molecule has 0 saturated carbocycles. The van der Waals surface area contributed by atoms with Gasteiger partial charge in [0.25, 0.3) is 0 Å². The Kier molecular flexibility index (Phi) is 8.30. The van der Waals surface area contributed by atoms with Gasteiger partial charge in [0.2, 0.25) is 11.8 Å². The smallest absolute Gasteiger partial charge is 0.234 e. The van der Waals surface area contributed by atoms with Gasteiger partial charge in [0, 0.05) is 10.8 Å². The van der Waals surface area contributed by atoms with Crippen LogP contribution in [0.2, 0.25) is 0 Å². The number of aliphatic hydroxyl groups is 3. The van der Waals surface area contributed by atoms with Gasteiger partial charge in [-0.2, -0.15) is 0 Å².